The predicted molar refractivity (Wildman–Crippen MR) is 48.2 cm³/mol. The van der Waals surface area contributed by atoms with E-state index in [9.17, 15) is 8.78 Å². The first-order chi connectivity index (χ1) is 6.60. The molecule has 1 aromatic rings. The molecule has 6 heteroatoms. The maximum absolute atomic E-state index is 12.4. The van der Waals surface area contributed by atoms with E-state index in [1.807, 2.05) is 0 Å². The van der Waals surface area contributed by atoms with Gasteiger partial charge < -0.3 is 4.74 Å². The molecule has 0 aliphatic heterocycles. The summed E-state index contributed by atoms with van der Waals surface area (Å²) in [5.74, 6) is -0.222. The SMILES string of the molecule is COc1nc(C#N)c(Br)cc1C(F)F. The minimum atomic E-state index is -2.68. The van der Waals surface area contributed by atoms with E-state index in [1.54, 1.807) is 6.07 Å². The maximum atomic E-state index is 12.4. The van der Waals surface area contributed by atoms with Crippen LogP contribution >= 0.6 is 15.9 Å². The fourth-order valence-corrected chi connectivity index (χ4v) is 1.31. The van der Waals surface area contributed by atoms with Crippen LogP contribution in [0.4, 0.5) is 8.78 Å². The summed E-state index contributed by atoms with van der Waals surface area (Å²) in [6.07, 6.45) is -2.68. The van der Waals surface area contributed by atoms with Crippen LogP contribution in [0.2, 0.25) is 0 Å². The normalized spacial score (nSPS) is 10.0. The van der Waals surface area contributed by atoms with Crippen molar-refractivity contribution in [2.75, 3.05) is 7.11 Å². The Hall–Kier alpha value is -1.22. The topological polar surface area (TPSA) is 45.9 Å². The molecule has 0 aliphatic rings. The van der Waals surface area contributed by atoms with E-state index in [1.165, 1.54) is 7.11 Å². The van der Waals surface area contributed by atoms with Crippen molar-refractivity contribution < 1.29 is 13.5 Å². The number of ether oxygens (including phenoxy) is 1. The van der Waals surface area contributed by atoms with Gasteiger partial charge in [-0.2, -0.15) is 5.26 Å². The number of halogens is 3. The lowest BCUT2D eigenvalue weighted by molar-refractivity contribution is 0.146. The van der Waals surface area contributed by atoms with Crippen LogP contribution in [0.15, 0.2) is 10.5 Å². The lowest BCUT2D eigenvalue weighted by Crippen LogP contribution is -1.98. The van der Waals surface area contributed by atoms with E-state index in [0.717, 1.165) is 6.07 Å². The van der Waals surface area contributed by atoms with Crippen LogP contribution in [0.1, 0.15) is 17.7 Å². The van der Waals surface area contributed by atoms with Gasteiger partial charge in [0.15, 0.2) is 5.69 Å². The van der Waals surface area contributed by atoms with Crippen molar-refractivity contribution in [2.45, 2.75) is 6.43 Å². The van der Waals surface area contributed by atoms with Gasteiger partial charge in [0.1, 0.15) is 6.07 Å². The highest BCUT2D eigenvalue weighted by molar-refractivity contribution is 9.10. The van der Waals surface area contributed by atoms with E-state index in [4.69, 9.17) is 5.26 Å². The molecule has 0 atom stereocenters. The van der Waals surface area contributed by atoms with Crippen LogP contribution in [0.5, 0.6) is 5.88 Å². The van der Waals surface area contributed by atoms with Crippen molar-refractivity contribution in [3.8, 4) is 11.9 Å². The molecule has 74 valence electrons. The van der Waals surface area contributed by atoms with Crippen LogP contribution in [-0.4, -0.2) is 12.1 Å². The van der Waals surface area contributed by atoms with Crippen molar-refractivity contribution in [2.24, 2.45) is 0 Å². The number of nitrogens with zero attached hydrogens (tertiary/aromatic N) is 2. The first-order valence-electron chi connectivity index (χ1n) is 3.52. The molecular formula is C8H5BrF2N2O. The van der Waals surface area contributed by atoms with E-state index in [0.29, 0.717) is 0 Å². The summed E-state index contributed by atoms with van der Waals surface area (Å²) >= 11 is 2.97. The number of nitriles is 1. The minimum absolute atomic E-state index is 0.0197. The highest BCUT2D eigenvalue weighted by Crippen LogP contribution is 2.30. The molecule has 3 nitrogen and oxygen atoms in total. The summed E-state index contributed by atoms with van der Waals surface area (Å²) in [7, 11) is 1.23. The number of pyridine rings is 1. The van der Waals surface area contributed by atoms with Gasteiger partial charge in [0, 0.05) is 0 Å². The molecule has 0 bridgehead atoms. The Bertz CT molecular complexity index is 390. The van der Waals surface area contributed by atoms with Gasteiger partial charge in [-0.15, -0.1) is 0 Å². The Morgan fingerprint density at radius 3 is 2.71 bits per heavy atom. The molecule has 1 heterocycles. The average Bonchev–Trinajstić information content (AvgIpc) is 2.17. The molecule has 14 heavy (non-hydrogen) atoms. The lowest BCUT2D eigenvalue weighted by Gasteiger charge is -2.07. The van der Waals surface area contributed by atoms with Crippen LogP contribution in [0.3, 0.4) is 0 Å². The molecule has 0 spiro atoms. The molecule has 1 rings (SSSR count). The quantitative estimate of drug-likeness (QED) is 0.823. The van der Waals surface area contributed by atoms with Gasteiger partial charge in [0.05, 0.1) is 17.1 Å². The second-order valence-corrected chi connectivity index (χ2v) is 3.18. The van der Waals surface area contributed by atoms with Gasteiger partial charge in [0.25, 0.3) is 6.43 Å². The zero-order chi connectivity index (χ0) is 10.7. The molecule has 0 saturated carbocycles. The summed E-state index contributed by atoms with van der Waals surface area (Å²) in [6.45, 7) is 0. The maximum Gasteiger partial charge on any atom is 0.269 e. The molecule has 0 N–H and O–H groups in total. The number of methoxy groups -OCH3 is 1. The Kier molecular flexibility index (Phi) is 3.36. The Labute approximate surface area is 87.5 Å². The summed E-state index contributed by atoms with van der Waals surface area (Å²) in [5, 5.41) is 8.58. The summed E-state index contributed by atoms with van der Waals surface area (Å²) in [6, 6.07) is 2.89. The average molecular weight is 263 g/mol. The van der Waals surface area contributed by atoms with Crippen LogP contribution < -0.4 is 4.74 Å². The van der Waals surface area contributed by atoms with E-state index in [2.05, 4.69) is 25.7 Å². The molecular weight excluding hydrogens is 258 g/mol. The summed E-state index contributed by atoms with van der Waals surface area (Å²) in [4.78, 5) is 3.62. The monoisotopic (exact) mass is 262 g/mol. The van der Waals surface area contributed by atoms with Gasteiger partial charge in [-0.3, -0.25) is 0 Å². The number of hydrogen-bond acceptors (Lipinski definition) is 3. The first-order valence-corrected chi connectivity index (χ1v) is 4.32. The standard InChI is InChI=1S/C8H5BrF2N2O/c1-14-8-4(7(10)11)2-5(9)6(3-12)13-8/h2,7H,1H3. The van der Waals surface area contributed by atoms with Crippen molar-refractivity contribution in [3.05, 3.63) is 21.8 Å². The number of aromatic nitrogens is 1. The largest absolute Gasteiger partial charge is 0.481 e. The molecule has 0 radical (unpaired) electrons. The Morgan fingerprint density at radius 1 is 1.64 bits per heavy atom. The Morgan fingerprint density at radius 2 is 2.29 bits per heavy atom. The van der Waals surface area contributed by atoms with E-state index in [-0.39, 0.29) is 21.6 Å². The number of hydrogen-bond donors (Lipinski definition) is 0. The predicted octanol–water partition coefficient (Wildman–Crippen LogP) is 2.66. The van der Waals surface area contributed by atoms with Crippen LogP contribution in [0.25, 0.3) is 0 Å². The van der Waals surface area contributed by atoms with Gasteiger partial charge in [0.2, 0.25) is 5.88 Å². The van der Waals surface area contributed by atoms with E-state index >= 15 is 0 Å². The van der Waals surface area contributed by atoms with Gasteiger partial charge in [-0.1, -0.05) is 0 Å². The number of alkyl halides is 2. The molecule has 0 saturated heterocycles. The van der Waals surface area contributed by atoms with Crippen molar-refractivity contribution in [1.29, 1.82) is 5.26 Å². The molecule has 0 amide bonds. The molecule has 0 aromatic carbocycles. The zero-order valence-corrected chi connectivity index (χ0v) is 8.68. The fraction of sp³-hybridized carbons (Fsp3) is 0.250. The minimum Gasteiger partial charge on any atom is -0.481 e. The molecule has 0 unspecified atom stereocenters. The van der Waals surface area contributed by atoms with Crippen molar-refractivity contribution in [1.82, 2.24) is 4.98 Å². The third-order valence-corrected chi connectivity index (χ3v) is 2.11. The first kappa shape index (κ1) is 10.9. The Balaban J connectivity index is 3.33. The van der Waals surface area contributed by atoms with Gasteiger partial charge >= 0.3 is 0 Å². The highest BCUT2D eigenvalue weighted by Gasteiger charge is 2.18. The third kappa shape index (κ3) is 1.99. The summed E-state index contributed by atoms with van der Waals surface area (Å²) in [5.41, 5.74) is -0.315. The lowest BCUT2D eigenvalue weighted by atomic mass is 10.2. The van der Waals surface area contributed by atoms with Crippen LogP contribution in [-0.2, 0) is 0 Å². The third-order valence-electron chi connectivity index (χ3n) is 1.50. The fourth-order valence-electron chi connectivity index (χ4n) is 0.884. The molecule has 1 aromatic heterocycles. The smallest absolute Gasteiger partial charge is 0.269 e. The van der Waals surface area contributed by atoms with Gasteiger partial charge in [-0.05, 0) is 22.0 Å². The number of rotatable bonds is 2. The van der Waals surface area contributed by atoms with Crippen LogP contribution in [0, 0.1) is 11.3 Å². The van der Waals surface area contributed by atoms with Crippen molar-refractivity contribution >= 4 is 15.9 Å². The van der Waals surface area contributed by atoms with E-state index < -0.39 is 6.43 Å². The summed E-state index contributed by atoms with van der Waals surface area (Å²) < 4.78 is 29.7. The van der Waals surface area contributed by atoms with Gasteiger partial charge in [-0.25, -0.2) is 13.8 Å². The second kappa shape index (κ2) is 4.33. The van der Waals surface area contributed by atoms with Crippen molar-refractivity contribution in [3.63, 3.8) is 0 Å². The zero-order valence-electron chi connectivity index (χ0n) is 7.09. The molecule has 0 aliphatic carbocycles. The second-order valence-electron chi connectivity index (χ2n) is 2.33. The molecule has 0 fully saturated rings. The highest BCUT2D eigenvalue weighted by atomic mass is 79.9.